The summed E-state index contributed by atoms with van der Waals surface area (Å²) >= 11 is 0. The first-order valence-corrected chi connectivity index (χ1v) is 9.16. The van der Waals surface area contributed by atoms with Crippen LogP contribution in [-0.2, 0) is 6.42 Å². The van der Waals surface area contributed by atoms with Crippen LogP contribution < -0.4 is 4.74 Å². The molecule has 1 aromatic carbocycles. The zero-order valence-electron chi connectivity index (χ0n) is 14.6. The molecule has 1 nitrogen and oxygen atoms in total. The largest absolute Gasteiger partial charge is 0.493 e. The van der Waals surface area contributed by atoms with Crippen molar-refractivity contribution in [2.45, 2.75) is 71.6 Å². The van der Waals surface area contributed by atoms with Gasteiger partial charge >= 0.3 is 0 Å². The molecule has 2 rings (SSSR count). The quantitative estimate of drug-likeness (QED) is 0.539. The average Bonchev–Trinajstić information content (AvgIpc) is 2.55. The Morgan fingerprint density at radius 2 is 1.86 bits per heavy atom. The van der Waals surface area contributed by atoms with Crippen molar-refractivity contribution >= 4 is 0 Å². The molecular formula is C21H32O. The Morgan fingerprint density at radius 1 is 1.09 bits per heavy atom. The Bertz CT molecular complexity index is 467. The van der Waals surface area contributed by atoms with Gasteiger partial charge in [0.2, 0.25) is 0 Å². The first-order valence-electron chi connectivity index (χ1n) is 9.16. The van der Waals surface area contributed by atoms with Crippen LogP contribution in [0.25, 0.3) is 0 Å². The molecule has 0 unspecified atom stereocenters. The van der Waals surface area contributed by atoms with Gasteiger partial charge in [0, 0.05) is 0 Å². The number of ether oxygens (including phenoxy) is 1. The zero-order valence-corrected chi connectivity index (χ0v) is 14.6. The van der Waals surface area contributed by atoms with E-state index in [9.17, 15) is 0 Å². The summed E-state index contributed by atoms with van der Waals surface area (Å²) in [6.45, 7) is 7.37. The van der Waals surface area contributed by atoms with E-state index in [1.54, 1.807) is 0 Å². The highest BCUT2D eigenvalue weighted by Crippen LogP contribution is 2.37. The summed E-state index contributed by atoms with van der Waals surface area (Å²) in [6.07, 6.45) is 13.3. The fourth-order valence-electron chi connectivity index (χ4n) is 3.59. The highest BCUT2D eigenvalue weighted by atomic mass is 16.5. The van der Waals surface area contributed by atoms with Gasteiger partial charge in [-0.2, -0.15) is 0 Å². The molecule has 0 aromatic heterocycles. The molecule has 0 atom stereocenters. The van der Waals surface area contributed by atoms with Gasteiger partial charge in [0.1, 0.15) is 5.75 Å². The SMILES string of the molecule is CC=CC1CCC(c2ccc(OCCC)c(CCC)c2)CC1. The van der Waals surface area contributed by atoms with Crippen LogP contribution in [0, 0.1) is 5.92 Å². The van der Waals surface area contributed by atoms with Gasteiger partial charge in [-0.3, -0.25) is 0 Å². The first kappa shape index (κ1) is 17.1. The minimum absolute atomic E-state index is 0.748. The molecule has 0 N–H and O–H groups in total. The van der Waals surface area contributed by atoms with Crippen molar-refractivity contribution in [1.29, 1.82) is 0 Å². The molecule has 0 spiro atoms. The van der Waals surface area contributed by atoms with E-state index in [1.807, 2.05) is 0 Å². The second-order valence-corrected chi connectivity index (χ2v) is 6.60. The number of rotatable bonds is 7. The van der Waals surface area contributed by atoms with Gasteiger partial charge in [0.15, 0.2) is 0 Å². The minimum atomic E-state index is 0.748. The third-order valence-corrected chi connectivity index (χ3v) is 4.77. The lowest BCUT2D eigenvalue weighted by molar-refractivity contribution is 0.313. The molecule has 1 fully saturated rings. The molecule has 1 aliphatic carbocycles. The van der Waals surface area contributed by atoms with Crippen LogP contribution in [-0.4, -0.2) is 6.61 Å². The van der Waals surface area contributed by atoms with Crippen molar-refractivity contribution in [3.8, 4) is 5.75 Å². The lowest BCUT2D eigenvalue weighted by Crippen LogP contribution is -2.12. The van der Waals surface area contributed by atoms with Crippen molar-refractivity contribution in [3.63, 3.8) is 0 Å². The standard InChI is InChI=1S/C21H32O/c1-4-7-17-9-11-18(12-10-17)19-13-14-21(22-15-6-3)20(16-19)8-5-2/h4,7,13-14,16-18H,5-6,8-12,15H2,1-3H3. The van der Waals surface area contributed by atoms with Crippen LogP contribution >= 0.6 is 0 Å². The van der Waals surface area contributed by atoms with E-state index in [1.165, 1.54) is 43.2 Å². The third-order valence-electron chi connectivity index (χ3n) is 4.77. The molecule has 1 aromatic rings. The number of aryl methyl sites for hydroxylation is 1. The predicted octanol–water partition coefficient (Wildman–Crippen LogP) is 6.28. The molecule has 0 amide bonds. The Hall–Kier alpha value is -1.24. The van der Waals surface area contributed by atoms with Gasteiger partial charge in [-0.25, -0.2) is 0 Å². The third kappa shape index (κ3) is 4.63. The zero-order chi connectivity index (χ0) is 15.8. The maximum Gasteiger partial charge on any atom is 0.122 e. The summed E-state index contributed by atoms with van der Waals surface area (Å²) in [7, 11) is 0. The van der Waals surface area contributed by atoms with Gasteiger partial charge in [0.05, 0.1) is 6.61 Å². The van der Waals surface area contributed by atoms with E-state index in [0.717, 1.165) is 37.0 Å². The highest BCUT2D eigenvalue weighted by Gasteiger charge is 2.21. The maximum atomic E-state index is 5.92. The summed E-state index contributed by atoms with van der Waals surface area (Å²) < 4.78 is 5.92. The van der Waals surface area contributed by atoms with E-state index in [0.29, 0.717) is 0 Å². The molecule has 0 saturated heterocycles. The monoisotopic (exact) mass is 300 g/mol. The molecule has 1 saturated carbocycles. The van der Waals surface area contributed by atoms with E-state index >= 15 is 0 Å². The molecule has 22 heavy (non-hydrogen) atoms. The van der Waals surface area contributed by atoms with Crippen LogP contribution in [0.5, 0.6) is 5.75 Å². The number of hydrogen-bond acceptors (Lipinski definition) is 1. The van der Waals surface area contributed by atoms with E-state index in [4.69, 9.17) is 4.74 Å². The number of hydrogen-bond donors (Lipinski definition) is 0. The summed E-state index contributed by atoms with van der Waals surface area (Å²) in [4.78, 5) is 0. The van der Waals surface area contributed by atoms with Crippen molar-refractivity contribution in [3.05, 3.63) is 41.5 Å². The van der Waals surface area contributed by atoms with E-state index in [-0.39, 0.29) is 0 Å². The average molecular weight is 300 g/mol. The van der Waals surface area contributed by atoms with Gasteiger partial charge < -0.3 is 4.74 Å². The fraction of sp³-hybridized carbons (Fsp3) is 0.619. The molecule has 0 heterocycles. The second-order valence-electron chi connectivity index (χ2n) is 6.60. The lowest BCUT2D eigenvalue weighted by atomic mass is 9.78. The van der Waals surface area contributed by atoms with Crippen LogP contribution in [0.3, 0.4) is 0 Å². The first-order chi connectivity index (χ1) is 10.8. The van der Waals surface area contributed by atoms with Crippen molar-refractivity contribution in [2.75, 3.05) is 6.61 Å². The number of allylic oxidation sites excluding steroid dienone is 2. The summed E-state index contributed by atoms with van der Waals surface area (Å²) in [6, 6.07) is 6.95. The maximum absolute atomic E-state index is 5.92. The highest BCUT2D eigenvalue weighted by molar-refractivity contribution is 5.39. The summed E-state index contributed by atoms with van der Waals surface area (Å²) in [5.41, 5.74) is 2.94. The minimum Gasteiger partial charge on any atom is -0.493 e. The van der Waals surface area contributed by atoms with Crippen molar-refractivity contribution in [1.82, 2.24) is 0 Å². The van der Waals surface area contributed by atoms with Crippen LogP contribution in [0.1, 0.15) is 76.3 Å². The van der Waals surface area contributed by atoms with Crippen LogP contribution in [0.15, 0.2) is 30.4 Å². The van der Waals surface area contributed by atoms with Crippen molar-refractivity contribution in [2.24, 2.45) is 5.92 Å². The Morgan fingerprint density at radius 3 is 2.50 bits per heavy atom. The van der Waals surface area contributed by atoms with Gasteiger partial charge in [-0.05, 0) is 74.5 Å². The fourth-order valence-corrected chi connectivity index (χ4v) is 3.59. The normalized spacial score (nSPS) is 22.1. The Balaban J connectivity index is 2.06. The number of benzene rings is 1. The second kappa shape index (κ2) is 9.02. The molecule has 0 radical (unpaired) electrons. The van der Waals surface area contributed by atoms with E-state index < -0.39 is 0 Å². The van der Waals surface area contributed by atoms with Gasteiger partial charge in [0.25, 0.3) is 0 Å². The lowest BCUT2D eigenvalue weighted by Gasteiger charge is -2.27. The van der Waals surface area contributed by atoms with Crippen LogP contribution in [0.4, 0.5) is 0 Å². The van der Waals surface area contributed by atoms with Gasteiger partial charge in [-0.15, -0.1) is 0 Å². The Labute approximate surface area is 136 Å². The molecule has 1 aliphatic rings. The van der Waals surface area contributed by atoms with E-state index in [2.05, 4.69) is 51.1 Å². The Kier molecular flexibility index (Phi) is 7.02. The molecule has 0 aliphatic heterocycles. The molecule has 122 valence electrons. The molecule has 0 bridgehead atoms. The topological polar surface area (TPSA) is 9.23 Å². The predicted molar refractivity (Wildman–Crippen MR) is 95.7 cm³/mol. The smallest absolute Gasteiger partial charge is 0.122 e. The molecular weight excluding hydrogens is 268 g/mol. The molecule has 1 heteroatoms. The van der Waals surface area contributed by atoms with Crippen LogP contribution in [0.2, 0.25) is 0 Å². The van der Waals surface area contributed by atoms with Gasteiger partial charge in [-0.1, -0.05) is 44.6 Å². The summed E-state index contributed by atoms with van der Waals surface area (Å²) in [5.74, 6) is 2.66. The van der Waals surface area contributed by atoms with Crippen molar-refractivity contribution < 1.29 is 4.74 Å². The summed E-state index contributed by atoms with van der Waals surface area (Å²) in [5, 5.41) is 0.